The van der Waals surface area contributed by atoms with Crippen molar-refractivity contribution in [3.8, 4) is 0 Å². The van der Waals surface area contributed by atoms with Crippen LogP contribution in [0.3, 0.4) is 0 Å². The van der Waals surface area contributed by atoms with Gasteiger partial charge in [0.25, 0.3) is 0 Å². The topological polar surface area (TPSA) is 62.7 Å². The van der Waals surface area contributed by atoms with Gasteiger partial charge in [0.1, 0.15) is 6.61 Å². The third kappa shape index (κ3) is 3.95. The van der Waals surface area contributed by atoms with E-state index in [9.17, 15) is 4.79 Å². The molecule has 0 aliphatic carbocycles. The minimum atomic E-state index is -0.444. The molecule has 1 N–H and O–H groups in total. The first-order valence-corrected chi connectivity index (χ1v) is 4.61. The number of aromatic nitrogens is 1. The zero-order chi connectivity index (χ0) is 11.1. The maximum Gasteiger partial charge on any atom is 0.409 e. The quantitative estimate of drug-likeness (QED) is 0.792. The van der Waals surface area contributed by atoms with Crippen molar-refractivity contribution in [3.05, 3.63) is 30.1 Å². The lowest BCUT2D eigenvalue weighted by molar-refractivity contribution is 0.0978. The summed E-state index contributed by atoms with van der Waals surface area (Å²) in [6.45, 7) is 0.424. The number of likely N-dealkylation sites (N-methyl/N-ethyl adjacent to an activating group) is 1. The number of rotatable bonds is 4. The largest absolute Gasteiger partial charge is 0.445 e. The van der Waals surface area contributed by atoms with Crippen molar-refractivity contribution in [2.75, 3.05) is 20.2 Å². The SMILES string of the molecule is CN(CCO)C(=O)OCc1ccncc1. The van der Waals surface area contributed by atoms with Crippen LogP contribution >= 0.6 is 0 Å². The van der Waals surface area contributed by atoms with Crippen LogP contribution in [0.1, 0.15) is 5.56 Å². The Labute approximate surface area is 88.3 Å². The molecule has 0 spiro atoms. The Morgan fingerprint density at radius 2 is 2.20 bits per heavy atom. The monoisotopic (exact) mass is 210 g/mol. The van der Waals surface area contributed by atoms with Gasteiger partial charge in [0.2, 0.25) is 0 Å². The van der Waals surface area contributed by atoms with E-state index in [1.54, 1.807) is 31.6 Å². The molecule has 0 unspecified atom stereocenters. The van der Waals surface area contributed by atoms with Crippen molar-refractivity contribution in [1.29, 1.82) is 0 Å². The van der Waals surface area contributed by atoms with Crippen molar-refractivity contribution < 1.29 is 14.6 Å². The highest BCUT2D eigenvalue weighted by Gasteiger charge is 2.08. The van der Waals surface area contributed by atoms with Crippen LogP contribution in [0.5, 0.6) is 0 Å². The normalized spacial score (nSPS) is 9.73. The molecule has 0 fully saturated rings. The number of carbonyl (C=O) groups is 1. The van der Waals surface area contributed by atoms with Gasteiger partial charge in [0.15, 0.2) is 0 Å². The first kappa shape index (κ1) is 11.5. The number of hydrogen-bond acceptors (Lipinski definition) is 4. The molecule has 1 rings (SSSR count). The van der Waals surface area contributed by atoms with Crippen LogP contribution in [0.15, 0.2) is 24.5 Å². The van der Waals surface area contributed by atoms with Crippen LogP contribution in [-0.4, -0.2) is 41.3 Å². The summed E-state index contributed by atoms with van der Waals surface area (Å²) >= 11 is 0. The fraction of sp³-hybridized carbons (Fsp3) is 0.400. The van der Waals surface area contributed by atoms with E-state index < -0.39 is 6.09 Å². The molecule has 1 amide bonds. The van der Waals surface area contributed by atoms with Crippen LogP contribution in [0.25, 0.3) is 0 Å². The molecule has 1 aromatic heterocycles. The highest BCUT2D eigenvalue weighted by Crippen LogP contribution is 2.00. The molecule has 5 nitrogen and oxygen atoms in total. The molecule has 0 aliphatic rings. The van der Waals surface area contributed by atoms with E-state index in [1.807, 2.05) is 0 Å². The Balaban J connectivity index is 2.34. The third-order valence-corrected chi connectivity index (χ3v) is 1.86. The molecule has 0 aliphatic heterocycles. The van der Waals surface area contributed by atoms with E-state index in [4.69, 9.17) is 9.84 Å². The summed E-state index contributed by atoms with van der Waals surface area (Å²) < 4.78 is 4.99. The summed E-state index contributed by atoms with van der Waals surface area (Å²) in [5, 5.41) is 8.61. The number of carbonyl (C=O) groups excluding carboxylic acids is 1. The lowest BCUT2D eigenvalue weighted by Crippen LogP contribution is -2.29. The lowest BCUT2D eigenvalue weighted by Gasteiger charge is -2.15. The molecule has 1 heterocycles. The molecule has 0 bridgehead atoms. The first-order chi connectivity index (χ1) is 7.24. The molecular formula is C10H14N2O3. The number of amides is 1. The van der Waals surface area contributed by atoms with Gasteiger partial charge in [-0.15, -0.1) is 0 Å². The number of aliphatic hydroxyl groups is 1. The van der Waals surface area contributed by atoms with Crippen LogP contribution < -0.4 is 0 Å². The fourth-order valence-corrected chi connectivity index (χ4v) is 0.976. The van der Waals surface area contributed by atoms with Gasteiger partial charge in [0.05, 0.1) is 6.61 Å². The second-order valence-electron chi connectivity index (χ2n) is 3.06. The number of ether oxygens (including phenoxy) is 1. The second-order valence-corrected chi connectivity index (χ2v) is 3.06. The van der Waals surface area contributed by atoms with Gasteiger partial charge >= 0.3 is 6.09 Å². The van der Waals surface area contributed by atoms with Crippen LogP contribution in [0, 0.1) is 0 Å². The third-order valence-electron chi connectivity index (χ3n) is 1.86. The number of nitrogens with zero attached hydrogens (tertiary/aromatic N) is 2. The fourth-order valence-electron chi connectivity index (χ4n) is 0.976. The maximum absolute atomic E-state index is 11.3. The maximum atomic E-state index is 11.3. The summed E-state index contributed by atoms with van der Waals surface area (Å²) in [6.07, 6.45) is 2.84. The van der Waals surface area contributed by atoms with E-state index in [1.165, 1.54) is 4.90 Å². The molecule has 82 valence electrons. The Bertz CT molecular complexity index is 303. The molecule has 0 radical (unpaired) electrons. The molecule has 0 saturated heterocycles. The predicted molar refractivity (Wildman–Crippen MR) is 54.1 cm³/mol. The zero-order valence-corrected chi connectivity index (χ0v) is 8.59. The summed E-state index contributed by atoms with van der Waals surface area (Å²) in [4.78, 5) is 16.5. The first-order valence-electron chi connectivity index (χ1n) is 4.61. The van der Waals surface area contributed by atoms with Gasteiger partial charge in [-0.05, 0) is 17.7 Å². The lowest BCUT2D eigenvalue weighted by atomic mass is 10.3. The van der Waals surface area contributed by atoms with Crippen LogP contribution in [0.2, 0.25) is 0 Å². The van der Waals surface area contributed by atoms with E-state index >= 15 is 0 Å². The van der Waals surface area contributed by atoms with Crippen LogP contribution in [0.4, 0.5) is 4.79 Å². The average Bonchev–Trinajstić information content (AvgIpc) is 2.27. The van der Waals surface area contributed by atoms with Crippen molar-refractivity contribution in [1.82, 2.24) is 9.88 Å². The Morgan fingerprint density at radius 1 is 1.53 bits per heavy atom. The van der Waals surface area contributed by atoms with Crippen molar-refractivity contribution in [2.45, 2.75) is 6.61 Å². The van der Waals surface area contributed by atoms with Gasteiger partial charge < -0.3 is 14.7 Å². The summed E-state index contributed by atoms with van der Waals surface area (Å²) in [7, 11) is 1.57. The molecule has 1 aromatic rings. The Morgan fingerprint density at radius 3 is 2.80 bits per heavy atom. The van der Waals surface area contributed by atoms with Crippen molar-refractivity contribution in [3.63, 3.8) is 0 Å². The molecule has 15 heavy (non-hydrogen) atoms. The van der Waals surface area contributed by atoms with Crippen molar-refractivity contribution in [2.24, 2.45) is 0 Å². The smallest absolute Gasteiger partial charge is 0.409 e. The summed E-state index contributed by atoms with van der Waals surface area (Å²) in [6, 6.07) is 3.55. The zero-order valence-electron chi connectivity index (χ0n) is 8.59. The summed E-state index contributed by atoms with van der Waals surface area (Å²) in [5.41, 5.74) is 0.885. The van der Waals surface area contributed by atoms with E-state index in [2.05, 4.69) is 4.98 Å². The molecule has 5 heteroatoms. The van der Waals surface area contributed by atoms with Gasteiger partial charge in [-0.1, -0.05) is 0 Å². The van der Waals surface area contributed by atoms with E-state index in [0.29, 0.717) is 0 Å². The van der Waals surface area contributed by atoms with Gasteiger partial charge in [0, 0.05) is 26.0 Å². The highest BCUT2D eigenvalue weighted by atomic mass is 16.6. The molecular weight excluding hydrogens is 196 g/mol. The standard InChI is InChI=1S/C10H14N2O3/c1-12(6-7-13)10(14)15-8-9-2-4-11-5-3-9/h2-5,13H,6-8H2,1H3. The van der Waals surface area contributed by atoms with E-state index in [0.717, 1.165) is 5.56 Å². The highest BCUT2D eigenvalue weighted by molar-refractivity contribution is 5.67. The molecule has 0 saturated carbocycles. The van der Waals surface area contributed by atoms with Crippen molar-refractivity contribution >= 4 is 6.09 Å². The van der Waals surface area contributed by atoms with Crippen LogP contribution in [-0.2, 0) is 11.3 Å². The minimum absolute atomic E-state index is 0.0686. The number of hydrogen-bond donors (Lipinski definition) is 1. The van der Waals surface area contributed by atoms with Gasteiger partial charge in [-0.2, -0.15) is 0 Å². The average molecular weight is 210 g/mol. The Hall–Kier alpha value is -1.62. The van der Waals surface area contributed by atoms with Gasteiger partial charge in [-0.25, -0.2) is 4.79 Å². The molecule has 0 atom stereocenters. The number of pyridine rings is 1. The molecule has 0 aromatic carbocycles. The van der Waals surface area contributed by atoms with Gasteiger partial charge in [-0.3, -0.25) is 4.98 Å². The van der Waals surface area contributed by atoms with E-state index in [-0.39, 0.29) is 19.8 Å². The number of aliphatic hydroxyl groups excluding tert-OH is 1. The Kier molecular flexibility index (Phi) is 4.56. The minimum Gasteiger partial charge on any atom is -0.445 e. The predicted octanol–water partition coefficient (Wildman–Crippen LogP) is 0.642. The second kappa shape index (κ2) is 5.98. The summed E-state index contributed by atoms with van der Waals surface area (Å²) in [5.74, 6) is 0.